The van der Waals surface area contributed by atoms with E-state index in [1.54, 1.807) is 42.5 Å². The number of halogens is 1. The van der Waals surface area contributed by atoms with E-state index in [-0.39, 0.29) is 13.3 Å². The number of aryl methyl sites for hydroxylation is 1. The first kappa shape index (κ1) is 22.2. The summed E-state index contributed by atoms with van der Waals surface area (Å²) in [6.07, 6.45) is 2.58. The summed E-state index contributed by atoms with van der Waals surface area (Å²) in [6, 6.07) is 18.1. The van der Waals surface area contributed by atoms with E-state index in [1.165, 1.54) is 11.0 Å². The molecule has 6 nitrogen and oxygen atoms in total. The van der Waals surface area contributed by atoms with E-state index < -0.39 is 23.7 Å². The topological polar surface area (TPSA) is 76.1 Å². The fourth-order valence-electron chi connectivity index (χ4n) is 4.24. The lowest BCUT2D eigenvalue weighted by atomic mass is 9.89. The van der Waals surface area contributed by atoms with Crippen molar-refractivity contribution < 1.29 is 24.2 Å². The van der Waals surface area contributed by atoms with Crippen LogP contribution in [0, 0.1) is 6.92 Å². The highest BCUT2D eigenvalue weighted by atomic mass is 35.5. The number of carbonyl (C=O) groups is 2. The van der Waals surface area contributed by atoms with Gasteiger partial charge in [-0.25, -0.2) is 0 Å². The van der Waals surface area contributed by atoms with E-state index >= 15 is 0 Å². The Morgan fingerprint density at radius 2 is 1.85 bits per heavy atom. The molecule has 1 N–H and O–H groups in total. The van der Waals surface area contributed by atoms with Gasteiger partial charge in [0.25, 0.3) is 5.91 Å². The molecule has 0 radical (unpaired) electrons. The lowest BCUT2D eigenvalue weighted by Crippen LogP contribution is -2.41. The number of fused-ring (bicyclic) bond motifs is 2. The van der Waals surface area contributed by atoms with Crippen LogP contribution >= 0.6 is 11.6 Å². The third-order valence-corrected chi connectivity index (χ3v) is 6.28. The van der Waals surface area contributed by atoms with Crippen molar-refractivity contribution in [1.82, 2.24) is 0 Å². The Morgan fingerprint density at radius 3 is 2.65 bits per heavy atom. The molecule has 2 heterocycles. The summed E-state index contributed by atoms with van der Waals surface area (Å²) < 4.78 is 10.7. The highest BCUT2D eigenvalue weighted by Gasteiger charge is 2.50. The van der Waals surface area contributed by atoms with E-state index in [0.29, 0.717) is 27.8 Å². The summed E-state index contributed by atoms with van der Waals surface area (Å²) in [5, 5.41) is 11.9. The third kappa shape index (κ3) is 4.06. The van der Waals surface area contributed by atoms with Gasteiger partial charge >= 0.3 is 0 Å². The van der Waals surface area contributed by atoms with Crippen LogP contribution in [0.25, 0.3) is 6.08 Å². The van der Waals surface area contributed by atoms with Gasteiger partial charge in [0, 0.05) is 10.6 Å². The Morgan fingerprint density at radius 1 is 1.09 bits per heavy atom. The normalized spacial score (nSPS) is 18.6. The van der Waals surface area contributed by atoms with E-state index in [0.717, 1.165) is 16.7 Å². The maximum Gasteiger partial charge on any atom is 0.264 e. The van der Waals surface area contributed by atoms with E-state index in [1.807, 2.05) is 31.2 Å². The van der Waals surface area contributed by atoms with Crippen LogP contribution in [0.4, 0.5) is 5.69 Å². The number of benzene rings is 3. The molecule has 0 aromatic heterocycles. The van der Waals surface area contributed by atoms with Crippen molar-refractivity contribution in [2.45, 2.75) is 25.5 Å². The molecule has 0 spiro atoms. The number of ketones is 1. The molecule has 2 aliphatic rings. The van der Waals surface area contributed by atoms with Crippen LogP contribution in [0.5, 0.6) is 11.5 Å². The number of aliphatic hydroxyl groups is 1. The van der Waals surface area contributed by atoms with Gasteiger partial charge in [-0.05, 0) is 54.5 Å². The summed E-state index contributed by atoms with van der Waals surface area (Å²) in [4.78, 5) is 27.8. The van der Waals surface area contributed by atoms with Crippen molar-refractivity contribution in [2.24, 2.45) is 0 Å². The largest absolute Gasteiger partial charge is 0.454 e. The summed E-state index contributed by atoms with van der Waals surface area (Å²) >= 11 is 6.19. The van der Waals surface area contributed by atoms with Crippen LogP contribution in [0.1, 0.15) is 28.7 Å². The molecule has 0 saturated heterocycles. The predicted molar refractivity (Wildman–Crippen MR) is 129 cm³/mol. The fraction of sp³-hybridized carbons (Fsp3) is 0.185. The summed E-state index contributed by atoms with van der Waals surface area (Å²) in [5.41, 5.74) is 1.65. The number of carbonyl (C=O) groups excluding carboxylic acids is 2. The second-order valence-corrected chi connectivity index (χ2v) is 8.92. The average Bonchev–Trinajstić information content (AvgIpc) is 3.36. The first-order chi connectivity index (χ1) is 16.3. The zero-order valence-corrected chi connectivity index (χ0v) is 19.2. The number of hydrogen-bond donors (Lipinski definition) is 1. The maximum atomic E-state index is 13.4. The molecule has 34 heavy (non-hydrogen) atoms. The van der Waals surface area contributed by atoms with Gasteiger partial charge < -0.3 is 19.5 Å². The number of allylic oxidation sites excluding steroid dienone is 1. The minimum absolute atomic E-state index is 0.164. The summed E-state index contributed by atoms with van der Waals surface area (Å²) in [7, 11) is 0. The molecule has 0 saturated carbocycles. The maximum absolute atomic E-state index is 13.4. The molecule has 3 aromatic carbocycles. The molecule has 0 aliphatic carbocycles. The Labute approximate surface area is 202 Å². The molecule has 1 amide bonds. The van der Waals surface area contributed by atoms with Gasteiger partial charge in [0.2, 0.25) is 6.79 Å². The molecule has 3 aromatic rings. The molecule has 7 heteroatoms. The molecule has 0 unspecified atom stereocenters. The molecule has 0 fully saturated rings. The highest BCUT2D eigenvalue weighted by molar-refractivity contribution is 6.31. The molecule has 5 rings (SSSR count). The van der Waals surface area contributed by atoms with Crippen LogP contribution in [0.2, 0.25) is 5.02 Å². The predicted octanol–water partition coefficient (Wildman–Crippen LogP) is 4.78. The number of anilines is 1. The molecule has 172 valence electrons. The number of rotatable bonds is 6. The second-order valence-electron chi connectivity index (χ2n) is 8.49. The monoisotopic (exact) mass is 475 g/mol. The van der Waals surface area contributed by atoms with E-state index in [9.17, 15) is 14.7 Å². The second kappa shape index (κ2) is 8.63. The number of amides is 1. The SMILES string of the molecule is Cc1ccc(CN2C(=O)[C@@](O)(CC(=O)/C=C/c3ccc4c(c3)OCO4)c3cc(Cl)ccc32)cc1. The van der Waals surface area contributed by atoms with Crippen LogP contribution in [0.3, 0.4) is 0 Å². The van der Waals surface area contributed by atoms with Gasteiger partial charge in [-0.3, -0.25) is 9.59 Å². The number of nitrogens with zero attached hydrogens (tertiary/aromatic N) is 1. The van der Waals surface area contributed by atoms with Gasteiger partial charge in [-0.1, -0.05) is 53.6 Å². The minimum atomic E-state index is -2.00. The molecule has 0 bridgehead atoms. The Hall–Kier alpha value is -3.61. The Bertz CT molecular complexity index is 1320. The van der Waals surface area contributed by atoms with E-state index in [4.69, 9.17) is 21.1 Å². The van der Waals surface area contributed by atoms with Gasteiger partial charge in [0.05, 0.1) is 18.7 Å². The quantitative estimate of drug-likeness (QED) is 0.519. The third-order valence-electron chi connectivity index (χ3n) is 6.04. The van der Waals surface area contributed by atoms with Crippen molar-refractivity contribution in [1.29, 1.82) is 0 Å². The molecule has 1 atom stereocenters. The first-order valence-electron chi connectivity index (χ1n) is 10.8. The first-order valence-corrected chi connectivity index (χ1v) is 11.2. The van der Waals surface area contributed by atoms with Crippen LogP contribution in [-0.2, 0) is 21.7 Å². The standard InChI is InChI=1S/C27H22ClNO5/c1-17-2-4-19(5-3-17)15-29-23-10-8-20(28)13-22(23)27(32,26(29)31)14-21(30)9-6-18-7-11-24-25(12-18)34-16-33-24/h2-13,32H,14-16H2,1H3/b9-6+/t27-/m1/s1. The Kier molecular flexibility index (Phi) is 5.63. The average molecular weight is 476 g/mol. The van der Waals surface area contributed by atoms with Gasteiger partial charge in [0.1, 0.15) is 0 Å². The summed E-state index contributed by atoms with van der Waals surface area (Å²) in [6.45, 7) is 2.43. The lowest BCUT2D eigenvalue weighted by molar-refractivity contribution is -0.140. The van der Waals surface area contributed by atoms with Crippen LogP contribution in [-0.4, -0.2) is 23.6 Å². The zero-order valence-electron chi connectivity index (χ0n) is 18.5. The Balaban J connectivity index is 1.40. The van der Waals surface area contributed by atoms with Gasteiger partial charge in [-0.15, -0.1) is 0 Å². The van der Waals surface area contributed by atoms with Crippen molar-refractivity contribution in [3.63, 3.8) is 0 Å². The molecule has 2 aliphatic heterocycles. The van der Waals surface area contributed by atoms with Crippen molar-refractivity contribution in [3.05, 3.63) is 94.0 Å². The minimum Gasteiger partial charge on any atom is -0.454 e. The van der Waals surface area contributed by atoms with Crippen LogP contribution in [0.15, 0.2) is 66.7 Å². The van der Waals surface area contributed by atoms with Crippen molar-refractivity contribution in [3.8, 4) is 11.5 Å². The van der Waals surface area contributed by atoms with Gasteiger partial charge in [-0.2, -0.15) is 0 Å². The highest BCUT2D eigenvalue weighted by Crippen LogP contribution is 2.44. The van der Waals surface area contributed by atoms with E-state index in [2.05, 4.69) is 0 Å². The molecular weight excluding hydrogens is 454 g/mol. The zero-order chi connectivity index (χ0) is 23.9. The summed E-state index contributed by atoms with van der Waals surface area (Å²) in [5.74, 6) is 0.317. The fourth-order valence-corrected chi connectivity index (χ4v) is 4.42. The molecular formula is C27H22ClNO5. The van der Waals surface area contributed by atoms with Gasteiger partial charge in [0.15, 0.2) is 22.9 Å². The smallest absolute Gasteiger partial charge is 0.264 e. The number of hydrogen-bond acceptors (Lipinski definition) is 5. The van der Waals surface area contributed by atoms with Crippen molar-refractivity contribution in [2.75, 3.05) is 11.7 Å². The van der Waals surface area contributed by atoms with Crippen LogP contribution < -0.4 is 14.4 Å². The van der Waals surface area contributed by atoms with Crippen molar-refractivity contribution >= 4 is 35.1 Å². The lowest BCUT2D eigenvalue weighted by Gasteiger charge is -2.22. The number of ether oxygens (including phenoxy) is 2.